The lowest BCUT2D eigenvalue weighted by molar-refractivity contribution is 0.0973. The van der Waals surface area contributed by atoms with Crippen LogP contribution in [0, 0.1) is 17.2 Å². The summed E-state index contributed by atoms with van der Waals surface area (Å²) >= 11 is 6.85. The van der Waals surface area contributed by atoms with Crippen LogP contribution in [0.5, 0.6) is 5.75 Å². The first-order valence-corrected chi connectivity index (χ1v) is 10.6. The zero-order chi connectivity index (χ0) is 20.1. The van der Waals surface area contributed by atoms with Crippen LogP contribution in [0.3, 0.4) is 0 Å². The van der Waals surface area contributed by atoms with Crippen molar-refractivity contribution in [3.05, 3.63) is 45.8 Å². The molecule has 2 aromatic rings. The highest BCUT2D eigenvalue weighted by Crippen LogP contribution is 2.38. The number of amides is 1. The van der Waals surface area contributed by atoms with Crippen molar-refractivity contribution < 1.29 is 9.53 Å². The molecule has 1 aliphatic rings. The number of hydrogen-bond donors (Lipinski definition) is 2. The second-order valence-corrected chi connectivity index (χ2v) is 8.62. The van der Waals surface area contributed by atoms with Gasteiger partial charge in [0.15, 0.2) is 5.11 Å². The van der Waals surface area contributed by atoms with Gasteiger partial charge in [-0.25, -0.2) is 0 Å². The number of carbonyl (C=O) groups excluding carboxylic acids is 1. The van der Waals surface area contributed by atoms with Gasteiger partial charge in [-0.05, 0) is 61.5 Å². The highest BCUT2D eigenvalue weighted by Gasteiger charge is 2.23. The van der Waals surface area contributed by atoms with Gasteiger partial charge in [-0.15, -0.1) is 11.3 Å². The van der Waals surface area contributed by atoms with Crippen molar-refractivity contribution in [2.24, 2.45) is 5.92 Å². The zero-order valence-corrected chi connectivity index (χ0v) is 17.6. The quantitative estimate of drug-likeness (QED) is 0.674. The monoisotopic (exact) mass is 413 g/mol. The van der Waals surface area contributed by atoms with Crippen molar-refractivity contribution in [1.82, 2.24) is 5.32 Å². The number of ether oxygens (including phenoxy) is 1. The normalized spacial score (nSPS) is 12.4. The Kier molecular flexibility index (Phi) is 6.65. The Morgan fingerprint density at radius 2 is 2.14 bits per heavy atom. The number of nitriles is 1. The predicted molar refractivity (Wildman–Crippen MR) is 116 cm³/mol. The molecule has 7 heteroatoms. The van der Waals surface area contributed by atoms with E-state index in [4.69, 9.17) is 17.0 Å². The number of benzene rings is 1. The molecule has 3 rings (SSSR count). The summed E-state index contributed by atoms with van der Waals surface area (Å²) < 4.78 is 5.78. The summed E-state index contributed by atoms with van der Waals surface area (Å²) in [7, 11) is 0. The highest BCUT2D eigenvalue weighted by molar-refractivity contribution is 7.80. The predicted octanol–water partition coefficient (Wildman–Crippen LogP) is 4.66. The number of rotatable bonds is 6. The van der Waals surface area contributed by atoms with E-state index < -0.39 is 0 Å². The van der Waals surface area contributed by atoms with Gasteiger partial charge in [0.05, 0.1) is 17.7 Å². The van der Waals surface area contributed by atoms with Crippen molar-refractivity contribution >= 4 is 39.6 Å². The molecule has 1 aliphatic carbocycles. The minimum absolute atomic E-state index is 0.179. The molecule has 0 fully saturated rings. The van der Waals surface area contributed by atoms with E-state index in [0.29, 0.717) is 34.4 Å². The average molecular weight is 414 g/mol. The molecule has 0 atom stereocenters. The second-order valence-electron chi connectivity index (χ2n) is 7.11. The Morgan fingerprint density at radius 1 is 1.36 bits per heavy atom. The second kappa shape index (κ2) is 9.18. The number of para-hydroxylation sites is 1. The van der Waals surface area contributed by atoms with Crippen LogP contribution in [0.1, 0.15) is 53.1 Å². The molecule has 0 bridgehead atoms. The molecule has 0 saturated heterocycles. The van der Waals surface area contributed by atoms with E-state index in [2.05, 4.69) is 30.6 Å². The number of nitrogens with zero attached hydrogens (tertiary/aromatic N) is 1. The Balaban J connectivity index is 1.65. The minimum atomic E-state index is -0.333. The molecule has 1 aromatic heterocycles. The third-order valence-electron chi connectivity index (χ3n) is 4.57. The lowest BCUT2D eigenvalue weighted by atomic mass is 10.1. The number of thiocarbonyl (C=S) groups is 1. The van der Waals surface area contributed by atoms with Crippen molar-refractivity contribution in [3.8, 4) is 11.8 Å². The fourth-order valence-electron chi connectivity index (χ4n) is 3.10. The third-order valence-corrected chi connectivity index (χ3v) is 5.98. The number of thiophene rings is 1. The van der Waals surface area contributed by atoms with E-state index in [-0.39, 0.29) is 11.0 Å². The number of fused-ring (bicyclic) bond motifs is 1. The van der Waals surface area contributed by atoms with E-state index in [0.717, 1.165) is 31.2 Å². The van der Waals surface area contributed by atoms with Gasteiger partial charge in [0.2, 0.25) is 0 Å². The first-order valence-electron chi connectivity index (χ1n) is 9.38. The Bertz CT molecular complexity index is 928. The molecular weight excluding hydrogens is 390 g/mol. The number of anilines is 1. The van der Waals surface area contributed by atoms with E-state index in [9.17, 15) is 10.1 Å². The molecule has 0 spiro atoms. The topological polar surface area (TPSA) is 74.2 Å². The summed E-state index contributed by atoms with van der Waals surface area (Å²) in [5.41, 5.74) is 2.20. The molecule has 5 nitrogen and oxygen atoms in total. The van der Waals surface area contributed by atoms with Gasteiger partial charge in [-0.2, -0.15) is 5.26 Å². The van der Waals surface area contributed by atoms with Crippen molar-refractivity contribution in [3.63, 3.8) is 0 Å². The highest BCUT2D eigenvalue weighted by atomic mass is 32.1. The number of carbonyl (C=O) groups is 1. The van der Waals surface area contributed by atoms with E-state index in [1.807, 2.05) is 6.07 Å². The number of hydrogen-bond acceptors (Lipinski definition) is 5. The first kappa shape index (κ1) is 20.3. The summed E-state index contributed by atoms with van der Waals surface area (Å²) in [5, 5.41) is 16.1. The smallest absolute Gasteiger partial charge is 0.261 e. The molecule has 1 heterocycles. The van der Waals surface area contributed by atoms with Gasteiger partial charge in [0.25, 0.3) is 5.91 Å². The molecule has 28 heavy (non-hydrogen) atoms. The van der Waals surface area contributed by atoms with Gasteiger partial charge in [-0.3, -0.25) is 10.1 Å². The maximum absolute atomic E-state index is 12.7. The standard InChI is InChI=1S/C21H23N3O2S2/c1-13(2)10-11-26-17-8-4-3-6-15(17)19(25)23-21(27)24-20-16(12-22)14-7-5-9-18(14)28-20/h3-4,6,8,13H,5,7,9-11H2,1-2H3,(H2,23,24,25,27). The first-order chi connectivity index (χ1) is 13.5. The summed E-state index contributed by atoms with van der Waals surface area (Å²) in [6, 6.07) is 9.38. The SMILES string of the molecule is CC(C)CCOc1ccccc1C(=O)NC(=S)Nc1sc2c(c1C#N)CCC2. The van der Waals surface area contributed by atoms with E-state index in [1.54, 1.807) is 29.5 Å². The fraction of sp³-hybridized carbons (Fsp3) is 0.381. The van der Waals surface area contributed by atoms with Gasteiger partial charge in [0, 0.05) is 4.88 Å². The molecule has 0 unspecified atom stereocenters. The van der Waals surface area contributed by atoms with Gasteiger partial charge in [0.1, 0.15) is 16.8 Å². The van der Waals surface area contributed by atoms with Crippen LogP contribution >= 0.6 is 23.6 Å². The summed E-state index contributed by atoms with van der Waals surface area (Å²) in [6.07, 6.45) is 3.92. The molecule has 146 valence electrons. The molecular formula is C21H23N3O2S2. The zero-order valence-electron chi connectivity index (χ0n) is 16.0. The van der Waals surface area contributed by atoms with Crippen molar-refractivity contribution in [1.29, 1.82) is 5.26 Å². The van der Waals surface area contributed by atoms with Crippen LogP contribution in [0.25, 0.3) is 0 Å². The summed E-state index contributed by atoms with van der Waals surface area (Å²) in [5.74, 6) is 0.732. The van der Waals surface area contributed by atoms with Crippen LogP contribution in [0.2, 0.25) is 0 Å². The lowest BCUT2D eigenvalue weighted by Crippen LogP contribution is -2.34. The van der Waals surface area contributed by atoms with Crippen molar-refractivity contribution in [2.75, 3.05) is 11.9 Å². The van der Waals surface area contributed by atoms with Crippen LogP contribution in [-0.4, -0.2) is 17.6 Å². The molecule has 1 aromatic carbocycles. The lowest BCUT2D eigenvalue weighted by Gasteiger charge is -2.13. The molecule has 0 saturated carbocycles. The molecule has 0 aliphatic heterocycles. The Hall–Kier alpha value is -2.43. The third kappa shape index (κ3) is 4.70. The van der Waals surface area contributed by atoms with Crippen molar-refractivity contribution in [2.45, 2.75) is 39.5 Å². The number of aryl methyl sites for hydroxylation is 1. The van der Waals surface area contributed by atoms with Crippen LogP contribution in [-0.2, 0) is 12.8 Å². The maximum Gasteiger partial charge on any atom is 0.261 e. The number of nitrogens with one attached hydrogen (secondary N) is 2. The summed E-state index contributed by atoms with van der Waals surface area (Å²) in [4.78, 5) is 13.9. The Morgan fingerprint density at radius 3 is 2.89 bits per heavy atom. The minimum Gasteiger partial charge on any atom is -0.493 e. The maximum atomic E-state index is 12.7. The summed E-state index contributed by atoms with van der Waals surface area (Å²) in [6.45, 7) is 4.81. The van der Waals surface area contributed by atoms with Gasteiger partial charge < -0.3 is 10.1 Å². The fourth-order valence-corrected chi connectivity index (χ4v) is 4.60. The van der Waals surface area contributed by atoms with Crippen LogP contribution in [0.4, 0.5) is 5.00 Å². The average Bonchev–Trinajstić information content (AvgIpc) is 3.22. The van der Waals surface area contributed by atoms with Gasteiger partial charge >= 0.3 is 0 Å². The Labute approximate surface area is 174 Å². The largest absolute Gasteiger partial charge is 0.493 e. The van der Waals surface area contributed by atoms with Crippen LogP contribution in [0.15, 0.2) is 24.3 Å². The van der Waals surface area contributed by atoms with E-state index in [1.165, 1.54) is 4.88 Å². The molecule has 1 amide bonds. The molecule has 2 N–H and O–H groups in total. The van der Waals surface area contributed by atoms with Crippen LogP contribution < -0.4 is 15.4 Å². The van der Waals surface area contributed by atoms with Gasteiger partial charge in [-0.1, -0.05) is 26.0 Å². The van der Waals surface area contributed by atoms with E-state index >= 15 is 0 Å². The molecule has 0 radical (unpaired) electrons.